The lowest BCUT2D eigenvalue weighted by Gasteiger charge is -2.33. The number of halogens is 1. The average molecular weight is 251 g/mol. The Morgan fingerprint density at radius 3 is 3.00 bits per heavy atom. The second kappa shape index (κ2) is 4.87. The van der Waals surface area contributed by atoms with Gasteiger partial charge in [0.2, 0.25) is 0 Å². The Labute approximate surface area is 108 Å². The second-order valence-electron chi connectivity index (χ2n) is 5.15. The Kier molecular flexibility index (Phi) is 3.26. The maximum Gasteiger partial charge on any atom is 0.0429 e. The van der Waals surface area contributed by atoms with Crippen molar-refractivity contribution in [3.05, 3.63) is 29.3 Å². The fraction of sp³-hybridized carbons (Fsp3) is 0.571. The molecule has 0 radical (unpaired) electrons. The van der Waals surface area contributed by atoms with Crippen LogP contribution in [0.1, 0.15) is 25.7 Å². The van der Waals surface area contributed by atoms with E-state index >= 15 is 0 Å². The van der Waals surface area contributed by atoms with Gasteiger partial charge in [-0.2, -0.15) is 0 Å². The molecule has 1 aromatic rings. The number of benzene rings is 1. The number of anilines is 1. The van der Waals surface area contributed by atoms with Crippen LogP contribution in [0.3, 0.4) is 0 Å². The molecule has 0 aliphatic carbocycles. The van der Waals surface area contributed by atoms with E-state index in [4.69, 9.17) is 11.6 Å². The van der Waals surface area contributed by atoms with Crippen molar-refractivity contribution in [1.29, 1.82) is 0 Å². The van der Waals surface area contributed by atoms with Crippen molar-refractivity contribution in [2.45, 2.75) is 37.8 Å². The molecule has 0 bridgehead atoms. The molecule has 2 saturated heterocycles. The average Bonchev–Trinajstić information content (AvgIpc) is 2.73. The van der Waals surface area contributed by atoms with E-state index < -0.39 is 0 Å². The first-order chi connectivity index (χ1) is 8.33. The number of hydrogen-bond donors (Lipinski definition) is 1. The summed E-state index contributed by atoms with van der Waals surface area (Å²) in [6.07, 6.45) is 5.37. The van der Waals surface area contributed by atoms with E-state index in [1.807, 2.05) is 18.2 Å². The summed E-state index contributed by atoms with van der Waals surface area (Å²) in [7, 11) is 0. The summed E-state index contributed by atoms with van der Waals surface area (Å²) in [4.78, 5) is 2.64. The van der Waals surface area contributed by atoms with Gasteiger partial charge in [0, 0.05) is 29.3 Å². The minimum atomic E-state index is 0.605. The molecule has 92 valence electrons. The Morgan fingerprint density at radius 1 is 1.18 bits per heavy atom. The maximum atomic E-state index is 6.02. The van der Waals surface area contributed by atoms with Gasteiger partial charge < -0.3 is 5.32 Å². The highest BCUT2D eigenvalue weighted by atomic mass is 35.5. The standard InChI is InChI=1S/C14H19ClN2/c15-11-4-3-5-12(10-11)16-13-7-9-17-8-2-1-6-14(13)17/h3-5,10,13-14,16H,1-2,6-9H2. The summed E-state index contributed by atoms with van der Waals surface area (Å²) in [5.41, 5.74) is 1.16. The quantitative estimate of drug-likeness (QED) is 0.866. The van der Waals surface area contributed by atoms with Crippen LogP contribution < -0.4 is 5.32 Å². The van der Waals surface area contributed by atoms with Crippen LogP contribution in [0.25, 0.3) is 0 Å². The fourth-order valence-electron chi connectivity index (χ4n) is 3.21. The van der Waals surface area contributed by atoms with Gasteiger partial charge in [-0.05, 0) is 44.0 Å². The lowest BCUT2D eigenvalue weighted by atomic mass is 9.99. The van der Waals surface area contributed by atoms with Gasteiger partial charge in [0.25, 0.3) is 0 Å². The van der Waals surface area contributed by atoms with Crippen molar-refractivity contribution >= 4 is 17.3 Å². The summed E-state index contributed by atoms with van der Waals surface area (Å²) in [6.45, 7) is 2.54. The number of piperidine rings is 1. The highest BCUT2D eigenvalue weighted by Gasteiger charge is 2.35. The largest absolute Gasteiger partial charge is 0.381 e. The van der Waals surface area contributed by atoms with Gasteiger partial charge in [0.05, 0.1) is 0 Å². The van der Waals surface area contributed by atoms with Crippen LogP contribution >= 0.6 is 11.6 Å². The van der Waals surface area contributed by atoms with Crippen LogP contribution in [0.5, 0.6) is 0 Å². The normalized spacial score (nSPS) is 29.0. The molecule has 1 aromatic carbocycles. The molecule has 2 unspecified atom stereocenters. The summed E-state index contributed by atoms with van der Waals surface area (Å²) < 4.78 is 0. The molecular formula is C14H19ClN2. The van der Waals surface area contributed by atoms with E-state index in [9.17, 15) is 0 Å². The van der Waals surface area contributed by atoms with Crippen molar-refractivity contribution in [3.8, 4) is 0 Å². The summed E-state index contributed by atoms with van der Waals surface area (Å²) in [5.74, 6) is 0. The SMILES string of the molecule is Clc1cccc(NC2CCN3CCCCC23)c1. The number of nitrogens with zero attached hydrogens (tertiary/aromatic N) is 1. The van der Waals surface area contributed by atoms with Crippen molar-refractivity contribution in [1.82, 2.24) is 4.90 Å². The van der Waals surface area contributed by atoms with Crippen LogP contribution in [0.2, 0.25) is 5.02 Å². The smallest absolute Gasteiger partial charge is 0.0429 e. The maximum absolute atomic E-state index is 6.02. The molecule has 0 spiro atoms. The van der Waals surface area contributed by atoms with Gasteiger partial charge in [0.1, 0.15) is 0 Å². The van der Waals surface area contributed by atoms with Crippen LogP contribution in [0.15, 0.2) is 24.3 Å². The summed E-state index contributed by atoms with van der Waals surface area (Å²) in [6, 6.07) is 9.41. The highest BCUT2D eigenvalue weighted by Crippen LogP contribution is 2.29. The molecule has 2 fully saturated rings. The minimum absolute atomic E-state index is 0.605. The van der Waals surface area contributed by atoms with Gasteiger partial charge in [-0.3, -0.25) is 4.90 Å². The number of fused-ring (bicyclic) bond motifs is 1. The predicted molar refractivity (Wildman–Crippen MR) is 72.7 cm³/mol. The monoisotopic (exact) mass is 250 g/mol. The minimum Gasteiger partial charge on any atom is -0.381 e. The number of rotatable bonds is 2. The van der Waals surface area contributed by atoms with E-state index in [-0.39, 0.29) is 0 Å². The molecule has 2 atom stereocenters. The molecule has 3 rings (SSSR count). The summed E-state index contributed by atoms with van der Waals surface area (Å²) >= 11 is 6.02. The number of hydrogen-bond acceptors (Lipinski definition) is 2. The first-order valence-electron chi connectivity index (χ1n) is 6.59. The molecule has 2 aliphatic heterocycles. The summed E-state index contributed by atoms with van der Waals surface area (Å²) in [5, 5.41) is 4.47. The lowest BCUT2D eigenvalue weighted by molar-refractivity contribution is 0.193. The van der Waals surface area contributed by atoms with Gasteiger partial charge in [0.15, 0.2) is 0 Å². The zero-order valence-corrected chi connectivity index (χ0v) is 10.8. The third-order valence-electron chi connectivity index (χ3n) is 4.03. The van der Waals surface area contributed by atoms with Crippen LogP contribution in [-0.2, 0) is 0 Å². The molecule has 0 saturated carbocycles. The van der Waals surface area contributed by atoms with E-state index in [1.165, 1.54) is 38.8 Å². The second-order valence-corrected chi connectivity index (χ2v) is 5.59. The predicted octanol–water partition coefficient (Wildman–Crippen LogP) is 3.38. The molecule has 2 nitrogen and oxygen atoms in total. The molecule has 0 amide bonds. The van der Waals surface area contributed by atoms with E-state index in [0.29, 0.717) is 6.04 Å². The topological polar surface area (TPSA) is 15.3 Å². The highest BCUT2D eigenvalue weighted by molar-refractivity contribution is 6.30. The molecule has 2 heterocycles. The van der Waals surface area contributed by atoms with Crippen LogP contribution in [0, 0.1) is 0 Å². The fourth-order valence-corrected chi connectivity index (χ4v) is 3.40. The van der Waals surface area contributed by atoms with Gasteiger partial charge in [-0.25, -0.2) is 0 Å². The van der Waals surface area contributed by atoms with Gasteiger partial charge in [-0.15, -0.1) is 0 Å². The molecule has 0 aromatic heterocycles. The molecule has 2 aliphatic rings. The first-order valence-corrected chi connectivity index (χ1v) is 6.97. The lowest BCUT2D eigenvalue weighted by Crippen LogP contribution is -2.41. The van der Waals surface area contributed by atoms with Crippen LogP contribution in [-0.4, -0.2) is 30.1 Å². The zero-order valence-electron chi connectivity index (χ0n) is 10.0. The van der Waals surface area contributed by atoms with Crippen molar-refractivity contribution in [2.75, 3.05) is 18.4 Å². The number of nitrogens with one attached hydrogen (secondary N) is 1. The molecule has 17 heavy (non-hydrogen) atoms. The Morgan fingerprint density at radius 2 is 2.12 bits per heavy atom. The molecule has 3 heteroatoms. The molecular weight excluding hydrogens is 232 g/mol. The zero-order chi connectivity index (χ0) is 11.7. The third-order valence-corrected chi connectivity index (χ3v) is 4.27. The van der Waals surface area contributed by atoms with Crippen LogP contribution in [0.4, 0.5) is 5.69 Å². The van der Waals surface area contributed by atoms with Crippen molar-refractivity contribution < 1.29 is 0 Å². The van der Waals surface area contributed by atoms with E-state index in [1.54, 1.807) is 0 Å². The van der Waals surface area contributed by atoms with Crippen molar-refractivity contribution in [2.24, 2.45) is 0 Å². The van der Waals surface area contributed by atoms with Gasteiger partial charge >= 0.3 is 0 Å². The van der Waals surface area contributed by atoms with E-state index in [0.717, 1.165) is 16.8 Å². The van der Waals surface area contributed by atoms with Crippen molar-refractivity contribution in [3.63, 3.8) is 0 Å². The first kappa shape index (κ1) is 11.4. The third kappa shape index (κ3) is 2.43. The van der Waals surface area contributed by atoms with E-state index in [2.05, 4.69) is 16.3 Å². The Balaban J connectivity index is 1.69. The Bertz CT molecular complexity index is 394. The molecule has 1 N–H and O–H groups in total. The van der Waals surface area contributed by atoms with Gasteiger partial charge in [-0.1, -0.05) is 24.1 Å². The Hall–Kier alpha value is -0.730.